The highest BCUT2D eigenvalue weighted by molar-refractivity contribution is 8.13. The molecule has 0 atom stereocenters. The van der Waals surface area contributed by atoms with Crippen LogP contribution in [0.25, 0.3) is 0 Å². The second-order valence-electron chi connectivity index (χ2n) is 3.42. The van der Waals surface area contributed by atoms with Gasteiger partial charge in [0.05, 0.1) is 0 Å². The Morgan fingerprint density at radius 1 is 1.53 bits per heavy atom. The maximum absolute atomic E-state index is 12.9. The Kier molecular flexibility index (Phi) is 4.54. The highest BCUT2D eigenvalue weighted by atomic mass is 35.7. The standard InChI is InChI=1S/C11H12ClFO3S/c1-3-8(2)7-16-10-5-4-9(13)6-11(10)17(12,14)15/h4-6H,2-3,7H2,1H3. The molecule has 0 bridgehead atoms. The van der Waals surface area contributed by atoms with Crippen molar-refractivity contribution in [3.8, 4) is 5.75 Å². The van der Waals surface area contributed by atoms with E-state index >= 15 is 0 Å². The molecule has 1 aromatic carbocycles. The Morgan fingerprint density at radius 2 is 2.18 bits per heavy atom. The van der Waals surface area contributed by atoms with Gasteiger partial charge >= 0.3 is 0 Å². The molecule has 1 rings (SSSR count). The minimum atomic E-state index is -4.03. The number of hydrogen-bond acceptors (Lipinski definition) is 3. The molecule has 94 valence electrons. The number of halogens is 2. The molecule has 0 aliphatic heterocycles. The lowest BCUT2D eigenvalue weighted by Crippen LogP contribution is -2.04. The molecule has 0 N–H and O–H groups in total. The number of rotatable bonds is 5. The lowest BCUT2D eigenvalue weighted by Gasteiger charge is -2.10. The van der Waals surface area contributed by atoms with Crippen LogP contribution in [0, 0.1) is 5.82 Å². The molecule has 0 spiro atoms. The molecular weight excluding hydrogens is 267 g/mol. The van der Waals surface area contributed by atoms with Crippen LogP contribution >= 0.6 is 10.7 Å². The van der Waals surface area contributed by atoms with Gasteiger partial charge in [0.15, 0.2) is 0 Å². The van der Waals surface area contributed by atoms with E-state index in [1.54, 1.807) is 0 Å². The molecule has 0 aliphatic carbocycles. The fraction of sp³-hybridized carbons (Fsp3) is 0.273. The third kappa shape index (κ3) is 4.02. The highest BCUT2D eigenvalue weighted by Crippen LogP contribution is 2.28. The lowest BCUT2D eigenvalue weighted by atomic mass is 10.2. The quantitative estimate of drug-likeness (QED) is 0.614. The summed E-state index contributed by atoms with van der Waals surface area (Å²) in [7, 11) is 1.15. The molecule has 1 aromatic rings. The molecule has 0 unspecified atom stereocenters. The van der Waals surface area contributed by atoms with E-state index < -0.39 is 14.9 Å². The Hall–Kier alpha value is -1.07. The third-order valence-electron chi connectivity index (χ3n) is 2.10. The van der Waals surface area contributed by atoms with Crippen LogP contribution in [-0.4, -0.2) is 15.0 Å². The molecule has 6 heteroatoms. The van der Waals surface area contributed by atoms with Crippen LogP contribution in [0.2, 0.25) is 0 Å². The monoisotopic (exact) mass is 278 g/mol. The Labute approximate surface area is 104 Å². The highest BCUT2D eigenvalue weighted by Gasteiger charge is 2.18. The van der Waals surface area contributed by atoms with Gasteiger partial charge in [0.1, 0.15) is 23.1 Å². The topological polar surface area (TPSA) is 43.4 Å². The van der Waals surface area contributed by atoms with E-state index in [9.17, 15) is 12.8 Å². The molecule has 0 aliphatic rings. The van der Waals surface area contributed by atoms with Gasteiger partial charge in [-0.3, -0.25) is 0 Å². The normalized spacial score (nSPS) is 11.2. The van der Waals surface area contributed by atoms with Gasteiger partial charge in [0.25, 0.3) is 9.05 Å². The fourth-order valence-electron chi connectivity index (χ4n) is 1.07. The van der Waals surface area contributed by atoms with Crippen LogP contribution in [-0.2, 0) is 9.05 Å². The minimum absolute atomic E-state index is 0.0241. The first-order valence-corrected chi connectivity index (χ1v) is 7.19. The summed E-state index contributed by atoms with van der Waals surface area (Å²) in [6.45, 7) is 5.78. The van der Waals surface area contributed by atoms with Crippen LogP contribution in [0.3, 0.4) is 0 Å². The first-order chi connectivity index (χ1) is 7.84. The van der Waals surface area contributed by atoms with Crippen molar-refractivity contribution in [3.05, 3.63) is 36.2 Å². The lowest BCUT2D eigenvalue weighted by molar-refractivity contribution is 0.339. The van der Waals surface area contributed by atoms with E-state index in [0.717, 1.165) is 17.7 Å². The van der Waals surface area contributed by atoms with E-state index in [0.29, 0.717) is 6.42 Å². The van der Waals surface area contributed by atoms with E-state index in [1.165, 1.54) is 6.07 Å². The number of benzene rings is 1. The molecule has 0 saturated carbocycles. The summed E-state index contributed by atoms with van der Waals surface area (Å²) in [4.78, 5) is -0.372. The van der Waals surface area contributed by atoms with E-state index in [2.05, 4.69) is 6.58 Å². The summed E-state index contributed by atoms with van der Waals surface area (Å²) in [5, 5.41) is 0. The van der Waals surface area contributed by atoms with Gasteiger partial charge in [-0.05, 0) is 30.2 Å². The van der Waals surface area contributed by atoms with Gasteiger partial charge in [-0.25, -0.2) is 12.8 Å². The Bertz CT molecular complexity index is 526. The average molecular weight is 279 g/mol. The first-order valence-electron chi connectivity index (χ1n) is 4.88. The maximum atomic E-state index is 12.9. The largest absolute Gasteiger partial charge is 0.488 e. The molecule has 0 saturated heterocycles. The van der Waals surface area contributed by atoms with E-state index in [4.69, 9.17) is 15.4 Å². The maximum Gasteiger partial charge on any atom is 0.265 e. The molecule has 17 heavy (non-hydrogen) atoms. The van der Waals surface area contributed by atoms with Gasteiger partial charge in [-0.15, -0.1) is 0 Å². The van der Waals surface area contributed by atoms with Crippen molar-refractivity contribution in [1.29, 1.82) is 0 Å². The van der Waals surface area contributed by atoms with Gasteiger partial charge in [0, 0.05) is 10.7 Å². The summed E-state index contributed by atoms with van der Waals surface area (Å²) in [5.41, 5.74) is 0.798. The summed E-state index contributed by atoms with van der Waals surface area (Å²) < 4.78 is 40.6. The molecule has 0 heterocycles. The van der Waals surface area contributed by atoms with Crippen molar-refractivity contribution in [2.24, 2.45) is 0 Å². The molecule has 3 nitrogen and oxygen atoms in total. The molecule has 0 aromatic heterocycles. The molecule has 0 amide bonds. The molecule has 0 fully saturated rings. The van der Waals surface area contributed by atoms with Crippen LogP contribution in [0.1, 0.15) is 13.3 Å². The van der Waals surface area contributed by atoms with Gasteiger partial charge in [-0.1, -0.05) is 13.5 Å². The zero-order valence-corrected chi connectivity index (χ0v) is 10.8. The van der Waals surface area contributed by atoms with Gasteiger partial charge < -0.3 is 4.74 Å². The smallest absolute Gasteiger partial charge is 0.265 e. The second kappa shape index (κ2) is 5.51. The summed E-state index contributed by atoms with van der Waals surface area (Å²) in [6, 6.07) is 3.16. The van der Waals surface area contributed by atoms with E-state index in [1.807, 2.05) is 6.92 Å². The zero-order chi connectivity index (χ0) is 13.1. The second-order valence-corrected chi connectivity index (χ2v) is 5.96. The predicted octanol–water partition coefficient (Wildman–Crippen LogP) is 3.10. The summed E-state index contributed by atoms with van der Waals surface area (Å²) in [5.74, 6) is -0.665. The number of hydrogen-bond donors (Lipinski definition) is 0. The Morgan fingerprint density at radius 3 is 2.71 bits per heavy atom. The molecular formula is C11H12ClFO3S. The molecule has 0 radical (unpaired) electrons. The average Bonchev–Trinajstić information content (AvgIpc) is 2.25. The predicted molar refractivity (Wildman–Crippen MR) is 64.4 cm³/mol. The van der Waals surface area contributed by atoms with Crippen LogP contribution in [0.15, 0.2) is 35.2 Å². The fourth-order valence-corrected chi connectivity index (χ4v) is 2.06. The van der Waals surface area contributed by atoms with Crippen LogP contribution in [0.5, 0.6) is 5.75 Å². The van der Waals surface area contributed by atoms with Crippen molar-refractivity contribution in [3.63, 3.8) is 0 Å². The van der Waals surface area contributed by atoms with Crippen molar-refractivity contribution < 1.29 is 17.5 Å². The third-order valence-corrected chi connectivity index (χ3v) is 3.44. The SMILES string of the molecule is C=C(CC)COc1ccc(F)cc1S(=O)(=O)Cl. The van der Waals surface area contributed by atoms with Crippen LogP contribution < -0.4 is 4.74 Å². The van der Waals surface area contributed by atoms with Crippen molar-refractivity contribution in [2.45, 2.75) is 18.2 Å². The first kappa shape index (κ1) is 14.0. The van der Waals surface area contributed by atoms with Gasteiger partial charge in [0.2, 0.25) is 0 Å². The number of ether oxygens (including phenoxy) is 1. The van der Waals surface area contributed by atoms with Crippen molar-refractivity contribution >= 4 is 19.7 Å². The van der Waals surface area contributed by atoms with Crippen molar-refractivity contribution in [2.75, 3.05) is 6.61 Å². The van der Waals surface area contributed by atoms with E-state index in [-0.39, 0.29) is 17.3 Å². The summed E-state index contributed by atoms with van der Waals surface area (Å²) >= 11 is 0. The minimum Gasteiger partial charge on any atom is -0.488 e. The Balaban J connectivity index is 3.04. The van der Waals surface area contributed by atoms with Crippen LogP contribution in [0.4, 0.5) is 4.39 Å². The summed E-state index contributed by atoms with van der Waals surface area (Å²) in [6.07, 6.45) is 0.712. The van der Waals surface area contributed by atoms with Gasteiger partial charge in [-0.2, -0.15) is 0 Å². The zero-order valence-electron chi connectivity index (χ0n) is 9.24. The van der Waals surface area contributed by atoms with Crippen molar-refractivity contribution in [1.82, 2.24) is 0 Å².